The first-order valence-corrected chi connectivity index (χ1v) is 11.1. The van der Waals surface area contributed by atoms with Gasteiger partial charge in [-0.1, -0.05) is 32.6 Å². The van der Waals surface area contributed by atoms with Gasteiger partial charge in [0, 0.05) is 36.5 Å². The second kappa shape index (κ2) is 9.27. The van der Waals surface area contributed by atoms with Gasteiger partial charge in [0.2, 0.25) is 10.0 Å². The molecule has 0 bridgehead atoms. The van der Waals surface area contributed by atoms with Crippen LogP contribution < -0.4 is 4.74 Å². The molecule has 0 amide bonds. The summed E-state index contributed by atoms with van der Waals surface area (Å²) in [6.07, 6.45) is -0.189. The zero-order valence-electron chi connectivity index (χ0n) is 17.6. The maximum atomic E-state index is 13.3. The van der Waals surface area contributed by atoms with Crippen molar-refractivity contribution in [3.63, 3.8) is 0 Å². The van der Waals surface area contributed by atoms with E-state index in [2.05, 4.69) is 11.8 Å². The predicted octanol–water partition coefficient (Wildman–Crippen LogP) is 2.02. The summed E-state index contributed by atoms with van der Waals surface area (Å²) in [6.45, 7) is 8.42. The quantitative estimate of drug-likeness (QED) is 0.772. The summed E-state index contributed by atoms with van der Waals surface area (Å²) in [5.41, 5.74) is 0.723. The third-order valence-electron chi connectivity index (χ3n) is 4.72. The van der Waals surface area contributed by atoms with Crippen molar-refractivity contribution in [3.8, 4) is 17.6 Å². The number of hydrogen-bond acceptors (Lipinski definition) is 5. The third kappa shape index (κ3) is 5.26. The first kappa shape index (κ1) is 22.7. The summed E-state index contributed by atoms with van der Waals surface area (Å²) in [6, 6.07) is 4.47. The molecule has 1 aromatic carbocycles. The Kier molecular flexibility index (Phi) is 7.52. The number of aliphatic hydroxyl groups excluding tert-OH is 1. The van der Waals surface area contributed by atoms with E-state index in [9.17, 15) is 13.5 Å². The molecule has 6 nitrogen and oxygen atoms in total. The van der Waals surface area contributed by atoms with Gasteiger partial charge in [0.15, 0.2) is 0 Å². The molecule has 0 saturated heterocycles. The normalized spacial score (nSPS) is 23.2. The second-order valence-corrected chi connectivity index (χ2v) is 9.95. The van der Waals surface area contributed by atoms with Gasteiger partial charge in [-0.15, -0.1) is 0 Å². The Morgan fingerprint density at radius 1 is 1.32 bits per heavy atom. The summed E-state index contributed by atoms with van der Waals surface area (Å²) < 4.78 is 34.3. The molecule has 0 saturated carbocycles. The maximum Gasteiger partial charge on any atom is 0.247 e. The molecule has 3 atom stereocenters. The SMILES string of the molecule is CC(C)C#Cc1ccc2c(c1)O[C@@H](CN(C)C)[C@@H](C)CN([C@@H](C)CO)S2(=O)=O. The Labute approximate surface area is 169 Å². The number of nitrogens with zero attached hydrogens (tertiary/aromatic N) is 2. The van der Waals surface area contributed by atoms with Crippen LogP contribution >= 0.6 is 0 Å². The van der Waals surface area contributed by atoms with Gasteiger partial charge >= 0.3 is 0 Å². The fraction of sp³-hybridized carbons (Fsp3) is 0.619. The van der Waals surface area contributed by atoms with Gasteiger partial charge in [-0.25, -0.2) is 8.42 Å². The highest BCUT2D eigenvalue weighted by Crippen LogP contribution is 2.34. The van der Waals surface area contributed by atoms with Crippen LogP contribution in [-0.4, -0.2) is 68.7 Å². The van der Waals surface area contributed by atoms with Crippen LogP contribution in [0.2, 0.25) is 0 Å². The zero-order chi connectivity index (χ0) is 21.1. The van der Waals surface area contributed by atoms with Crippen molar-refractivity contribution in [2.45, 2.75) is 44.7 Å². The molecule has 28 heavy (non-hydrogen) atoms. The largest absolute Gasteiger partial charge is 0.487 e. The lowest BCUT2D eigenvalue weighted by Gasteiger charge is -2.37. The highest BCUT2D eigenvalue weighted by atomic mass is 32.2. The number of fused-ring (bicyclic) bond motifs is 1. The monoisotopic (exact) mass is 408 g/mol. The minimum absolute atomic E-state index is 0.0512. The average Bonchev–Trinajstić information content (AvgIpc) is 2.61. The maximum absolute atomic E-state index is 13.3. The number of aliphatic hydroxyl groups is 1. The van der Waals surface area contributed by atoms with E-state index in [0.29, 0.717) is 12.3 Å². The zero-order valence-corrected chi connectivity index (χ0v) is 18.5. The molecular weight excluding hydrogens is 376 g/mol. The minimum atomic E-state index is -3.80. The van der Waals surface area contributed by atoms with Crippen molar-refractivity contribution in [1.29, 1.82) is 0 Å². The Morgan fingerprint density at radius 3 is 2.57 bits per heavy atom. The molecule has 0 unspecified atom stereocenters. The number of hydrogen-bond donors (Lipinski definition) is 1. The lowest BCUT2D eigenvalue weighted by molar-refractivity contribution is 0.0812. The van der Waals surface area contributed by atoms with Gasteiger partial charge in [0.25, 0.3) is 0 Å². The van der Waals surface area contributed by atoms with E-state index < -0.39 is 16.1 Å². The van der Waals surface area contributed by atoms with Gasteiger partial charge in [0.1, 0.15) is 16.7 Å². The number of sulfonamides is 1. The molecule has 1 aliphatic rings. The van der Waals surface area contributed by atoms with E-state index in [-0.39, 0.29) is 36.0 Å². The van der Waals surface area contributed by atoms with Crippen LogP contribution in [0, 0.1) is 23.7 Å². The van der Waals surface area contributed by atoms with Crippen molar-refractivity contribution in [2.75, 3.05) is 33.8 Å². The topological polar surface area (TPSA) is 70.1 Å². The lowest BCUT2D eigenvalue weighted by atomic mass is 10.0. The summed E-state index contributed by atoms with van der Waals surface area (Å²) in [7, 11) is 0.127. The molecule has 0 radical (unpaired) electrons. The minimum Gasteiger partial charge on any atom is -0.487 e. The highest BCUT2D eigenvalue weighted by Gasteiger charge is 2.37. The van der Waals surface area contributed by atoms with Crippen LogP contribution in [0.4, 0.5) is 0 Å². The Morgan fingerprint density at radius 2 is 2.00 bits per heavy atom. The second-order valence-electron chi connectivity index (χ2n) is 8.09. The number of likely N-dealkylation sites (N-methyl/N-ethyl adjacent to an activating group) is 1. The standard InChI is InChI=1S/C21H32N2O4S/c1-15(2)7-8-18-9-10-21-19(11-18)27-20(13-22(5)6)16(3)12-23(17(4)14-24)28(21,25)26/h9-11,15-17,20,24H,12-14H2,1-6H3/t16-,17-,20-/m0/s1. The smallest absolute Gasteiger partial charge is 0.247 e. The summed E-state index contributed by atoms with van der Waals surface area (Å²) >= 11 is 0. The van der Waals surface area contributed by atoms with Crippen LogP contribution in [0.25, 0.3) is 0 Å². The van der Waals surface area contributed by atoms with E-state index in [0.717, 1.165) is 5.56 Å². The molecule has 1 heterocycles. The number of benzene rings is 1. The fourth-order valence-electron chi connectivity index (χ4n) is 3.11. The Bertz CT molecular complexity index is 840. The molecule has 0 aromatic heterocycles. The van der Waals surface area contributed by atoms with Crippen molar-refractivity contribution < 1.29 is 18.3 Å². The predicted molar refractivity (Wildman–Crippen MR) is 111 cm³/mol. The first-order valence-electron chi connectivity index (χ1n) is 9.66. The van der Waals surface area contributed by atoms with E-state index in [1.807, 2.05) is 39.8 Å². The van der Waals surface area contributed by atoms with E-state index in [1.165, 1.54) is 4.31 Å². The summed E-state index contributed by atoms with van der Waals surface area (Å²) in [5.74, 6) is 6.67. The Hall–Kier alpha value is -1.59. The summed E-state index contributed by atoms with van der Waals surface area (Å²) in [5, 5.41) is 9.63. The van der Waals surface area contributed by atoms with E-state index >= 15 is 0 Å². The van der Waals surface area contributed by atoms with Gasteiger partial charge in [-0.2, -0.15) is 4.31 Å². The Balaban J connectivity index is 2.61. The molecule has 1 aliphatic heterocycles. The molecule has 2 rings (SSSR count). The van der Waals surface area contributed by atoms with Crippen molar-refractivity contribution in [1.82, 2.24) is 9.21 Å². The lowest BCUT2D eigenvalue weighted by Crippen LogP contribution is -2.49. The molecule has 1 N–H and O–H groups in total. The van der Waals surface area contributed by atoms with Gasteiger partial charge < -0.3 is 14.7 Å². The summed E-state index contributed by atoms with van der Waals surface area (Å²) in [4.78, 5) is 2.15. The molecular formula is C21H32N2O4S. The van der Waals surface area contributed by atoms with E-state index in [1.54, 1.807) is 25.1 Å². The molecule has 156 valence electrons. The fourth-order valence-corrected chi connectivity index (χ4v) is 4.93. The molecule has 0 spiro atoms. The van der Waals surface area contributed by atoms with Crippen LogP contribution in [0.3, 0.4) is 0 Å². The van der Waals surface area contributed by atoms with Gasteiger partial charge in [-0.3, -0.25) is 0 Å². The highest BCUT2D eigenvalue weighted by molar-refractivity contribution is 7.89. The van der Waals surface area contributed by atoms with Crippen LogP contribution in [0.5, 0.6) is 5.75 Å². The first-order chi connectivity index (χ1) is 13.1. The van der Waals surface area contributed by atoms with Crippen LogP contribution in [0.15, 0.2) is 23.1 Å². The van der Waals surface area contributed by atoms with Gasteiger partial charge in [-0.05, 0) is 39.2 Å². The van der Waals surface area contributed by atoms with Gasteiger partial charge in [0.05, 0.1) is 6.61 Å². The molecule has 0 aliphatic carbocycles. The van der Waals surface area contributed by atoms with Crippen molar-refractivity contribution >= 4 is 10.0 Å². The third-order valence-corrected chi connectivity index (χ3v) is 6.74. The van der Waals surface area contributed by atoms with Crippen molar-refractivity contribution in [2.24, 2.45) is 11.8 Å². The number of ether oxygens (including phenoxy) is 1. The average molecular weight is 409 g/mol. The molecule has 1 aromatic rings. The van der Waals surface area contributed by atoms with Crippen molar-refractivity contribution in [3.05, 3.63) is 23.8 Å². The van der Waals surface area contributed by atoms with E-state index in [4.69, 9.17) is 4.74 Å². The van der Waals surface area contributed by atoms with Crippen LogP contribution in [0.1, 0.15) is 33.3 Å². The van der Waals surface area contributed by atoms with Crippen LogP contribution in [-0.2, 0) is 10.0 Å². The molecule has 0 fully saturated rings. The number of rotatable bonds is 4. The molecule has 7 heteroatoms.